The first kappa shape index (κ1) is 26.6. The third-order valence-electron chi connectivity index (χ3n) is 10.8. The van der Waals surface area contributed by atoms with Gasteiger partial charge in [0.05, 0.1) is 0 Å². The Balaban J connectivity index is 1.38. The summed E-state index contributed by atoms with van der Waals surface area (Å²) in [5.74, 6) is 2.44. The van der Waals surface area contributed by atoms with E-state index in [4.69, 9.17) is 0 Å². The molecule has 0 aromatic carbocycles. The highest BCUT2D eigenvalue weighted by molar-refractivity contribution is 5.08. The first-order valence-electron chi connectivity index (χ1n) is 13.2. The van der Waals surface area contributed by atoms with Gasteiger partial charge < -0.3 is 10.2 Å². The van der Waals surface area contributed by atoms with Crippen LogP contribution in [0.3, 0.4) is 0 Å². The fourth-order valence-corrected chi connectivity index (χ4v) is 9.11. The Hall–Kier alpha value is -0.500. The van der Waals surface area contributed by atoms with Gasteiger partial charge in [-0.1, -0.05) is 26.7 Å². The van der Waals surface area contributed by atoms with E-state index in [0.29, 0.717) is 48.9 Å². The molecule has 4 aliphatic rings. The van der Waals surface area contributed by atoms with Crippen LogP contribution in [-0.2, 0) is 0 Å². The number of hydrogen-bond acceptors (Lipinski definition) is 2. The van der Waals surface area contributed by atoms with Crippen LogP contribution in [0.15, 0.2) is 0 Å². The zero-order chi connectivity index (χ0) is 25.1. The Morgan fingerprint density at radius 2 is 1.53 bits per heavy atom. The highest BCUT2D eigenvalue weighted by Crippen LogP contribution is 2.66. The number of aliphatic hydroxyl groups excluding tert-OH is 1. The van der Waals surface area contributed by atoms with Crippen LogP contribution in [-0.4, -0.2) is 34.3 Å². The van der Waals surface area contributed by atoms with Crippen molar-refractivity contribution in [3.63, 3.8) is 0 Å². The van der Waals surface area contributed by atoms with E-state index < -0.39 is 24.1 Å². The molecule has 0 spiro atoms. The van der Waals surface area contributed by atoms with Crippen LogP contribution in [0.1, 0.15) is 90.9 Å². The SMILES string of the molecule is C[C@H](CCC[C@H](O)C(F)(F)F)[C@H]1CC[C@H]2[C@@H]3CC[C@H]4C[C@](O)(C(F)(F)F)CC[C@@H]4[C@H]3CC[C@]12C. The van der Waals surface area contributed by atoms with E-state index in [-0.39, 0.29) is 36.5 Å². The van der Waals surface area contributed by atoms with Gasteiger partial charge in [-0.3, -0.25) is 0 Å². The lowest BCUT2D eigenvalue weighted by molar-refractivity contribution is -0.282. The van der Waals surface area contributed by atoms with Crippen molar-refractivity contribution >= 4 is 0 Å². The Bertz CT molecular complexity index is 723. The quantitative estimate of drug-likeness (QED) is 0.391. The maximum Gasteiger partial charge on any atom is 0.417 e. The zero-order valence-electron chi connectivity index (χ0n) is 20.3. The summed E-state index contributed by atoms with van der Waals surface area (Å²) in [5.41, 5.74) is -2.39. The standard InChI is InChI=1S/C26H40F6O2/c1-15(4-3-5-22(33)25(27,28)29)20-8-9-21-19-7-6-16-14-24(34,26(30,31)32)13-11-17(16)18(19)10-12-23(20,21)2/h15-22,33-34H,3-14H2,1-2H3/t15-,16+,17+,18-,19-,20-,21+,22+,23-,24+/m1/s1. The Morgan fingerprint density at radius 1 is 0.853 bits per heavy atom. The molecule has 4 saturated carbocycles. The average Bonchev–Trinajstić information content (AvgIpc) is 3.09. The summed E-state index contributed by atoms with van der Waals surface area (Å²) in [6.07, 6.45) is -4.58. The topological polar surface area (TPSA) is 40.5 Å². The molecule has 4 rings (SSSR count). The summed E-state index contributed by atoms with van der Waals surface area (Å²) in [7, 11) is 0. The molecule has 0 aliphatic heterocycles. The number of alkyl halides is 6. The lowest BCUT2D eigenvalue weighted by atomic mass is 9.48. The van der Waals surface area contributed by atoms with Crippen molar-refractivity contribution in [1.29, 1.82) is 0 Å². The van der Waals surface area contributed by atoms with E-state index in [1.54, 1.807) is 0 Å². The first-order valence-corrected chi connectivity index (χ1v) is 13.2. The van der Waals surface area contributed by atoms with Gasteiger partial charge in [0, 0.05) is 0 Å². The molecule has 198 valence electrons. The van der Waals surface area contributed by atoms with Gasteiger partial charge in [-0.05, 0) is 111 Å². The summed E-state index contributed by atoms with van der Waals surface area (Å²) in [6.45, 7) is 4.49. The van der Waals surface area contributed by atoms with Crippen LogP contribution >= 0.6 is 0 Å². The molecule has 2 nitrogen and oxygen atoms in total. The van der Waals surface area contributed by atoms with Crippen LogP contribution in [0.4, 0.5) is 26.3 Å². The summed E-state index contributed by atoms with van der Waals surface area (Å²) < 4.78 is 78.1. The zero-order valence-corrected chi connectivity index (χ0v) is 20.3. The van der Waals surface area contributed by atoms with Gasteiger partial charge in [-0.2, -0.15) is 26.3 Å². The molecule has 8 heteroatoms. The molecule has 0 unspecified atom stereocenters. The van der Waals surface area contributed by atoms with E-state index in [1.807, 2.05) is 0 Å². The van der Waals surface area contributed by atoms with Crippen molar-refractivity contribution in [3.05, 3.63) is 0 Å². The molecule has 0 saturated heterocycles. The van der Waals surface area contributed by atoms with Crippen LogP contribution in [0.25, 0.3) is 0 Å². The fraction of sp³-hybridized carbons (Fsp3) is 1.00. The molecule has 10 atom stereocenters. The second kappa shape index (κ2) is 9.11. The minimum absolute atomic E-state index is 0.0536. The predicted octanol–water partition coefficient (Wildman–Crippen LogP) is 7.28. The molecule has 0 bridgehead atoms. The lowest BCUT2D eigenvalue weighted by Crippen LogP contribution is -2.55. The van der Waals surface area contributed by atoms with Crippen LogP contribution in [0.2, 0.25) is 0 Å². The van der Waals surface area contributed by atoms with Gasteiger partial charge in [-0.15, -0.1) is 0 Å². The van der Waals surface area contributed by atoms with Crippen molar-refractivity contribution in [2.45, 2.75) is 115 Å². The number of aliphatic hydroxyl groups is 2. The van der Waals surface area contributed by atoms with Gasteiger partial charge in [0.25, 0.3) is 0 Å². The van der Waals surface area contributed by atoms with Gasteiger partial charge in [-0.25, -0.2) is 0 Å². The lowest BCUT2D eigenvalue weighted by Gasteiger charge is -2.57. The van der Waals surface area contributed by atoms with Crippen molar-refractivity contribution < 1.29 is 36.6 Å². The smallest absolute Gasteiger partial charge is 0.384 e. The van der Waals surface area contributed by atoms with E-state index >= 15 is 0 Å². The minimum Gasteiger partial charge on any atom is -0.384 e. The monoisotopic (exact) mass is 498 g/mol. The molecule has 0 heterocycles. The number of halogens is 6. The Morgan fingerprint density at radius 3 is 2.18 bits per heavy atom. The van der Waals surface area contributed by atoms with Gasteiger partial charge in [0.2, 0.25) is 0 Å². The summed E-state index contributed by atoms with van der Waals surface area (Å²) in [4.78, 5) is 0. The number of hydrogen-bond donors (Lipinski definition) is 2. The number of rotatable bonds is 5. The molecule has 0 amide bonds. The highest BCUT2D eigenvalue weighted by Gasteiger charge is 2.62. The molecular formula is C26H40F6O2. The van der Waals surface area contributed by atoms with Crippen LogP contribution in [0, 0.1) is 46.8 Å². The van der Waals surface area contributed by atoms with Crippen molar-refractivity contribution in [1.82, 2.24) is 0 Å². The second-order valence-electron chi connectivity index (χ2n) is 12.4. The Labute approximate surface area is 198 Å². The molecule has 4 aliphatic carbocycles. The van der Waals surface area contributed by atoms with Crippen molar-refractivity contribution in [2.75, 3.05) is 0 Å². The van der Waals surface area contributed by atoms with Crippen molar-refractivity contribution in [2.24, 2.45) is 46.8 Å². The fourth-order valence-electron chi connectivity index (χ4n) is 9.11. The third-order valence-corrected chi connectivity index (χ3v) is 10.8. The summed E-state index contributed by atoms with van der Waals surface area (Å²) >= 11 is 0. The van der Waals surface area contributed by atoms with E-state index in [1.165, 1.54) is 0 Å². The van der Waals surface area contributed by atoms with Crippen LogP contribution < -0.4 is 0 Å². The molecule has 0 aromatic heterocycles. The molecule has 2 N–H and O–H groups in total. The van der Waals surface area contributed by atoms with Crippen LogP contribution in [0.5, 0.6) is 0 Å². The third kappa shape index (κ3) is 4.64. The maximum absolute atomic E-state index is 13.4. The van der Waals surface area contributed by atoms with E-state index in [9.17, 15) is 36.6 Å². The predicted molar refractivity (Wildman–Crippen MR) is 117 cm³/mol. The maximum atomic E-state index is 13.4. The van der Waals surface area contributed by atoms with Gasteiger partial charge >= 0.3 is 12.4 Å². The number of fused-ring (bicyclic) bond motifs is 5. The first-order chi connectivity index (χ1) is 15.7. The molecular weight excluding hydrogens is 458 g/mol. The summed E-state index contributed by atoms with van der Waals surface area (Å²) in [5, 5.41) is 19.6. The normalized spacial score (nSPS) is 44.6. The molecule has 34 heavy (non-hydrogen) atoms. The molecule has 4 fully saturated rings. The van der Waals surface area contributed by atoms with Crippen molar-refractivity contribution in [3.8, 4) is 0 Å². The van der Waals surface area contributed by atoms with E-state index in [2.05, 4.69) is 13.8 Å². The largest absolute Gasteiger partial charge is 0.417 e. The molecule has 0 radical (unpaired) electrons. The highest BCUT2D eigenvalue weighted by atomic mass is 19.4. The van der Waals surface area contributed by atoms with Gasteiger partial charge in [0.1, 0.15) is 6.10 Å². The average molecular weight is 499 g/mol. The second-order valence-corrected chi connectivity index (χ2v) is 12.4. The van der Waals surface area contributed by atoms with E-state index in [0.717, 1.165) is 38.5 Å². The Kier molecular flexibility index (Phi) is 7.12. The minimum atomic E-state index is -4.56. The molecule has 0 aromatic rings. The van der Waals surface area contributed by atoms with Gasteiger partial charge in [0.15, 0.2) is 5.60 Å². The summed E-state index contributed by atoms with van der Waals surface area (Å²) in [6, 6.07) is 0.